The third-order valence-electron chi connectivity index (χ3n) is 15.3. The lowest BCUT2D eigenvalue weighted by Crippen LogP contribution is -2.66. The third-order valence-corrected chi connectivity index (χ3v) is 15.3. The predicted octanol–water partition coefficient (Wildman–Crippen LogP) is 2.59. The fraction of sp³-hybridized carbons (Fsp3) is 0.790. The Kier molecular flexibility index (Phi) is 33.0. The third kappa shape index (κ3) is 26.9. The van der Waals surface area contributed by atoms with Crippen LogP contribution in [0.2, 0.25) is 0 Å². The summed E-state index contributed by atoms with van der Waals surface area (Å²) in [6, 6.07) is -6.51. The van der Waals surface area contributed by atoms with Gasteiger partial charge in [-0.05, 0) is 129 Å². The van der Waals surface area contributed by atoms with Crippen LogP contribution in [0, 0.1) is 35.5 Å². The Morgan fingerprint density at radius 1 is 0.651 bits per heavy atom. The van der Waals surface area contributed by atoms with E-state index in [1.54, 1.807) is 33.9 Å². The monoisotopic (exact) mass is 1220 g/mol. The van der Waals surface area contributed by atoms with Crippen LogP contribution < -0.4 is 53.2 Å². The first-order chi connectivity index (χ1) is 39.7. The number of hydrogen-bond donors (Lipinski definition) is 11. The SMILES string of the molecule is CCC(=O)CC(CC(C)CC(NC(=O)C1CC(C)CN1C(=O)/C=C/[C@H](C)CC)C(=O)NC(C(=O)NC(C)(C)C(=O)NC(CC(C)C)C(=O)NC(CC(C)C)C(=O)NC(C)(C)C(=O)NC(C)(C)C(=O)NCCC(=O)NC(C)CNC)C(O)C(C)C)OC. The number of hydrogen-bond acceptors (Lipinski definition) is 14. The number of likely N-dealkylation sites (N-methyl/N-ethyl adjacent to an activating group) is 1. The molecule has 0 radical (unpaired) electrons. The van der Waals surface area contributed by atoms with Crippen LogP contribution in [0.25, 0.3) is 0 Å². The number of Topliss-reactive ketones (excluding diaryl/α,β-unsaturated/α-hetero) is 1. The van der Waals surface area contributed by atoms with Gasteiger partial charge in [-0.25, -0.2) is 0 Å². The maximum atomic E-state index is 14.6. The molecule has 492 valence electrons. The summed E-state index contributed by atoms with van der Waals surface area (Å²) in [6.07, 6.45) is 3.38. The molecule has 0 aliphatic carbocycles. The van der Waals surface area contributed by atoms with Crippen molar-refractivity contribution < 1.29 is 62.6 Å². The van der Waals surface area contributed by atoms with E-state index in [0.29, 0.717) is 32.4 Å². The fourth-order valence-electron chi connectivity index (χ4n) is 9.69. The molecule has 0 bridgehead atoms. The van der Waals surface area contributed by atoms with E-state index in [-0.39, 0.29) is 91.9 Å². The molecule has 11 N–H and O–H groups in total. The van der Waals surface area contributed by atoms with Gasteiger partial charge >= 0.3 is 0 Å². The van der Waals surface area contributed by atoms with Crippen molar-refractivity contribution in [3.63, 3.8) is 0 Å². The quantitative estimate of drug-likeness (QED) is 0.0396. The highest BCUT2D eigenvalue weighted by molar-refractivity contribution is 6.00. The molecule has 1 aliphatic rings. The average Bonchev–Trinajstić information content (AvgIpc) is 1.95. The zero-order valence-corrected chi connectivity index (χ0v) is 55.5. The van der Waals surface area contributed by atoms with Crippen molar-refractivity contribution in [3.8, 4) is 0 Å². The van der Waals surface area contributed by atoms with E-state index in [1.807, 2.05) is 62.3 Å². The van der Waals surface area contributed by atoms with Crippen molar-refractivity contribution in [3.05, 3.63) is 12.2 Å². The molecule has 24 nitrogen and oxygen atoms in total. The van der Waals surface area contributed by atoms with Crippen molar-refractivity contribution >= 4 is 64.9 Å². The van der Waals surface area contributed by atoms with Crippen LogP contribution >= 0.6 is 0 Å². The average molecular weight is 1220 g/mol. The van der Waals surface area contributed by atoms with Gasteiger partial charge in [0.2, 0.25) is 59.1 Å². The van der Waals surface area contributed by atoms with Crippen molar-refractivity contribution in [1.29, 1.82) is 0 Å². The van der Waals surface area contributed by atoms with Crippen LogP contribution in [-0.4, -0.2) is 174 Å². The van der Waals surface area contributed by atoms with Gasteiger partial charge in [0, 0.05) is 52.0 Å². The number of nitrogens with zero attached hydrogens (tertiary/aromatic N) is 1. The molecule has 0 spiro atoms. The number of ketones is 1. The molecule has 0 saturated carbocycles. The van der Waals surface area contributed by atoms with Crippen LogP contribution in [0.5, 0.6) is 0 Å². The minimum atomic E-state index is -1.81. The van der Waals surface area contributed by atoms with E-state index in [9.17, 15) is 57.8 Å². The Bertz CT molecular complexity index is 2320. The Balaban J connectivity index is 3.47. The number of carbonyl (C=O) groups excluding carboxylic acids is 11. The van der Waals surface area contributed by atoms with Gasteiger partial charge < -0.3 is 67.9 Å². The van der Waals surface area contributed by atoms with Crippen LogP contribution in [0.4, 0.5) is 0 Å². The summed E-state index contributed by atoms with van der Waals surface area (Å²) in [5.41, 5.74) is -4.90. The number of allylic oxidation sites excluding steroid dienone is 1. The number of aliphatic hydroxyl groups is 1. The first-order valence-electron chi connectivity index (χ1n) is 30.9. The van der Waals surface area contributed by atoms with Gasteiger partial charge in [0.25, 0.3) is 0 Å². The minimum Gasteiger partial charge on any atom is -0.390 e. The minimum absolute atomic E-state index is 0.00728. The summed E-state index contributed by atoms with van der Waals surface area (Å²) in [5, 5.41) is 39.1. The van der Waals surface area contributed by atoms with Crippen LogP contribution in [0.15, 0.2) is 12.2 Å². The Morgan fingerprint density at radius 2 is 1.19 bits per heavy atom. The molecule has 10 amide bonds. The molecule has 10 unspecified atom stereocenters. The second-order valence-corrected chi connectivity index (χ2v) is 26.6. The topological polar surface area (TPSA) is 341 Å². The van der Waals surface area contributed by atoms with Crippen LogP contribution in [-0.2, 0) is 57.5 Å². The predicted molar refractivity (Wildman–Crippen MR) is 330 cm³/mol. The number of ether oxygens (including phenoxy) is 1. The first-order valence-corrected chi connectivity index (χ1v) is 30.9. The summed E-state index contributed by atoms with van der Waals surface area (Å²) in [6.45, 7) is 31.3. The van der Waals surface area contributed by atoms with E-state index < -0.39 is 112 Å². The van der Waals surface area contributed by atoms with Crippen molar-refractivity contribution in [2.24, 2.45) is 35.5 Å². The number of carbonyl (C=O) groups is 11. The van der Waals surface area contributed by atoms with E-state index in [0.717, 1.165) is 6.42 Å². The number of likely N-dealkylation sites (tertiary alicyclic amines) is 1. The van der Waals surface area contributed by atoms with Crippen molar-refractivity contribution in [2.45, 2.75) is 247 Å². The number of amides is 10. The molecule has 1 aliphatic heterocycles. The first kappa shape index (κ1) is 78.0. The lowest BCUT2D eigenvalue weighted by Gasteiger charge is -2.34. The van der Waals surface area contributed by atoms with Crippen LogP contribution in [0.3, 0.4) is 0 Å². The molecule has 11 atom stereocenters. The Morgan fingerprint density at radius 3 is 1.72 bits per heavy atom. The van der Waals surface area contributed by atoms with Crippen molar-refractivity contribution in [2.75, 3.05) is 33.8 Å². The summed E-state index contributed by atoms with van der Waals surface area (Å²) < 4.78 is 5.63. The lowest BCUT2D eigenvalue weighted by molar-refractivity contribution is -0.140. The summed E-state index contributed by atoms with van der Waals surface area (Å²) >= 11 is 0. The number of rotatable bonds is 38. The van der Waals surface area contributed by atoms with E-state index in [2.05, 4.69) is 53.2 Å². The van der Waals surface area contributed by atoms with Gasteiger partial charge in [0.15, 0.2) is 0 Å². The molecule has 24 heteroatoms. The molecular formula is C62H111N11O13. The molecule has 0 aromatic rings. The van der Waals surface area contributed by atoms with Crippen molar-refractivity contribution in [1.82, 2.24) is 58.1 Å². The highest BCUT2D eigenvalue weighted by atomic mass is 16.5. The van der Waals surface area contributed by atoms with Gasteiger partial charge in [-0.1, -0.05) is 88.7 Å². The van der Waals surface area contributed by atoms with Gasteiger partial charge in [0.1, 0.15) is 52.6 Å². The maximum absolute atomic E-state index is 14.6. The zero-order valence-electron chi connectivity index (χ0n) is 55.5. The van der Waals surface area contributed by atoms with Gasteiger partial charge in [-0.15, -0.1) is 0 Å². The molecule has 1 rings (SSSR count). The molecule has 0 aromatic carbocycles. The highest BCUT2D eigenvalue weighted by Gasteiger charge is 2.43. The number of aliphatic hydroxyl groups excluding tert-OH is 1. The molecule has 1 heterocycles. The lowest BCUT2D eigenvalue weighted by atomic mass is 9.92. The second-order valence-electron chi connectivity index (χ2n) is 26.6. The summed E-state index contributed by atoms with van der Waals surface area (Å²) in [5.74, 6) is -7.78. The smallest absolute Gasteiger partial charge is 0.246 e. The molecule has 86 heavy (non-hydrogen) atoms. The Hall–Kier alpha value is -6.01. The zero-order chi connectivity index (χ0) is 66.2. The molecule has 1 saturated heterocycles. The number of nitrogens with one attached hydrogen (secondary N) is 10. The molecular weight excluding hydrogens is 1110 g/mol. The van der Waals surface area contributed by atoms with E-state index >= 15 is 0 Å². The van der Waals surface area contributed by atoms with E-state index in [4.69, 9.17) is 4.74 Å². The molecule has 0 aromatic heterocycles. The highest BCUT2D eigenvalue weighted by Crippen LogP contribution is 2.26. The summed E-state index contributed by atoms with van der Waals surface area (Å²) in [4.78, 5) is 153. The fourth-order valence-corrected chi connectivity index (χ4v) is 9.69. The largest absolute Gasteiger partial charge is 0.390 e. The standard InChI is InChI=1S/C62H111N11O13/c1-21-38(9)23-24-49(76)73-34-40(11)31-47(73)55(81)67-46(30-39(10)29-43(86-20)32-42(74)22-2)53(79)69-50(51(77)37(7)8)56(82)71-61(15,16)58(84)68-44(27-35(3)4)52(78)66-45(28-36(5)6)54(80)70-62(17,18)59(85)72-60(13,14)57(83)64-26-25-48(75)65-41(12)33-63-19/h23-24,35-41,43-47,50-51,63,77H,21-22,25-34H2,1-20H3,(H,64,83)(H,65,75)(H,66,78)(H,67,81)(H,68,84)(H,69,79)(H,70,80)(H,71,82)(H,72,85)/b24-23+/t38-,39?,40?,41?,43?,44?,45?,46?,47?,50?,51?/m1/s1. The Labute approximate surface area is 512 Å². The van der Waals surface area contributed by atoms with E-state index in [1.165, 1.54) is 59.6 Å². The van der Waals surface area contributed by atoms with Crippen LogP contribution in [0.1, 0.15) is 182 Å². The number of methoxy groups -OCH3 is 1. The second kappa shape index (κ2) is 36.3. The normalized spacial score (nSPS) is 17.9. The maximum Gasteiger partial charge on any atom is 0.246 e. The summed E-state index contributed by atoms with van der Waals surface area (Å²) in [7, 11) is 3.25. The molecule has 1 fully saturated rings. The van der Waals surface area contributed by atoms with Gasteiger partial charge in [-0.2, -0.15) is 0 Å². The van der Waals surface area contributed by atoms with Gasteiger partial charge in [0.05, 0.1) is 12.2 Å². The van der Waals surface area contributed by atoms with Gasteiger partial charge in [-0.3, -0.25) is 52.7 Å².